The lowest BCUT2D eigenvalue weighted by atomic mass is 10.1. The first-order valence-electron chi connectivity index (χ1n) is 9.57. The summed E-state index contributed by atoms with van der Waals surface area (Å²) >= 11 is 0. The molecule has 0 unspecified atom stereocenters. The monoisotopic (exact) mass is 382 g/mol. The van der Waals surface area contributed by atoms with Crippen LogP contribution >= 0.6 is 0 Å². The number of rotatable bonds is 10. The van der Waals surface area contributed by atoms with Gasteiger partial charge in [-0.05, 0) is 61.6 Å². The molecule has 2 amide bonds. The molecule has 1 aliphatic carbocycles. The Bertz CT molecular complexity index is 800. The maximum Gasteiger partial charge on any atom is 0.255 e. The van der Waals surface area contributed by atoms with Crippen molar-refractivity contribution >= 4 is 17.5 Å². The first-order chi connectivity index (χ1) is 13.7. The molecule has 0 spiro atoms. The van der Waals surface area contributed by atoms with E-state index >= 15 is 0 Å². The molecule has 0 radical (unpaired) electrons. The van der Waals surface area contributed by atoms with Crippen molar-refractivity contribution in [3.63, 3.8) is 0 Å². The Hall–Kier alpha value is -2.86. The second-order valence-electron chi connectivity index (χ2n) is 6.86. The third-order valence-corrected chi connectivity index (χ3v) is 4.57. The molecular weight excluding hydrogens is 356 g/mol. The molecule has 2 aromatic rings. The van der Waals surface area contributed by atoms with Gasteiger partial charge in [0.25, 0.3) is 11.8 Å². The Morgan fingerprint density at radius 3 is 2.50 bits per heavy atom. The second kappa shape index (κ2) is 9.90. The van der Waals surface area contributed by atoms with E-state index in [0.717, 1.165) is 18.9 Å². The van der Waals surface area contributed by atoms with Crippen LogP contribution in [0.15, 0.2) is 48.5 Å². The van der Waals surface area contributed by atoms with Gasteiger partial charge in [-0.15, -0.1) is 0 Å². The zero-order valence-corrected chi connectivity index (χ0v) is 16.1. The number of ether oxygens (including phenoxy) is 2. The van der Waals surface area contributed by atoms with Crippen LogP contribution in [0.25, 0.3) is 0 Å². The minimum absolute atomic E-state index is 0.215. The third-order valence-electron chi connectivity index (χ3n) is 4.57. The highest BCUT2D eigenvalue weighted by Gasteiger charge is 2.20. The summed E-state index contributed by atoms with van der Waals surface area (Å²) in [5.41, 5.74) is 1.40. The lowest BCUT2D eigenvalue weighted by molar-refractivity contribution is 0.0938. The minimum Gasteiger partial charge on any atom is -0.497 e. The Balaban J connectivity index is 1.52. The fourth-order valence-corrected chi connectivity index (χ4v) is 2.73. The highest BCUT2D eigenvalue weighted by atomic mass is 16.5. The number of para-hydroxylation sites is 1. The van der Waals surface area contributed by atoms with Crippen LogP contribution in [0.2, 0.25) is 0 Å². The predicted octanol–water partition coefficient (Wildman–Crippen LogP) is 3.49. The molecule has 3 rings (SSSR count). The maximum atomic E-state index is 12.5. The van der Waals surface area contributed by atoms with Gasteiger partial charge in [-0.2, -0.15) is 0 Å². The van der Waals surface area contributed by atoms with E-state index in [4.69, 9.17) is 9.47 Å². The van der Waals surface area contributed by atoms with Crippen LogP contribution in [0.5, 0.6) is 5.75 Å². The molecule has 0 aromatic heterocycles. The van der Waals surface area contributed by atoms with Gasteiger partial charge in [0.15, 0.2) is 0 Å². The number of carbonyl (C=O) groups is 2. The van der Waals surface area contributed by atoms with Crippen LogP contribution in [0.3, 0.4) is 0 Å². The van der Waals surface area contributed by atoms with Crippen molar-refractivity contribution in [1.29, 1.82) is 0 Å². The Morgan fingerprint density at radius 2 is 1.79 bits per heavy atom. The van der Waals surface area contributed by atoms with Gasteiger partial charge in [0, 0.05) is 25.3 Å². The van der Waals surface area contributed by atoms with Gasteiger partial charge >= 0.3 is 0 Å². The predicted molar refractivity (Wildman–Crippen MR) is 108 cm³/mol. The van der Waals surface area contributed by atoms with Crippen molar-refractivity contribution in [3.8, 4) is 5.75 Å². The van der Waals surface area contributed by atoms with Crippen LogP contribution < -0.4 is 15.4 Å². The summed E-state index contributed by atoms with van der Waals surface area (Å²) in [6.45, 7) is 2.01. The number of benzene rings is 2. The van der Waals surface area contributed by atoms with E-state index < -0.39 is 0 Å². The molecule has 6 nitrogen and oxygen atoms in total. The standard InChI is InChI=1S/C22H26N2O4/c1-27-18-11-9-17(10-12-18)21(25)24-20-6-3-2-5-19(20)22(26)23-13-4-14-28-15-16-7-8-16/h2-3,5-6,9-12,16H,4,7-8,13-15H2,1H3,(H,23,26)(H,24,25). The summed E-state index contributed by atoms with van der Waals surface area (Å²) in [5, 5.41) is 5.69. The number of hydrogen-bond acceptors (Lipinski definition) is 4. The van der Waals surface area contributed by atoms with Gasteiger partial charge in [0.1, 0.15) is 5.75 Å². The highest BCUT2D eigenvalue weighted by Crippen LogP contribution is 2.28. The number of anilines is 1. The zero-order chi connectivity index (χ0) is 19.8. The first kappa shape index (κ1) is 19.9. The van der Waals surface area contributed by atoms with E-state index in [2.05, 4.69) is 10.6 Å². The van der Waals surface area contributed by atoms with E-state index in [9.17, 15) is 9.59 Å². The molecule has 6 heteroatoms. The Labute approximate surface area is 165 Å². The SMILES string of the molecule is COc1ccc(C(=O)Nc2ccccc2C(=O)NCCCOCC2CC2)cc1. The molecule has 2 aromatic carbocycles. The summed E-state index contributed by atoms with van der Waals surface area (Å²) in [6.07, 6.45) is 3.31. The Morgan fingerprint density at radius 1 is 1.04 bits per heavy atom. The van der Waals surface area contributed by atoms with Gasteiger partial charge in [-0.3, -0.25) is 9.59 Å². The average molecular weight is 382 g/mol. The molecule has 148 valence electrons. The molecule has 2 N–H and O–H groups in total. The molecule has 0 saturated heterocycles. The topological polar surface area (TPSA) is 76.7 Å². The van der Waals surface area contributed by atoms with Crippen molar-refractivity contribution in [2.45, 2.75) is 19.3 Å². The number of carbonyl (C=O) groups excluding carboxylic acids is 2. The van der Waals surface area contributed by atoms with Crippen molar-refractivity contribution < 1.29 is 19.1 Å². The first-order valence-corrected chi connectivity index (χ1v) is 9.57. The fourth-order valence-electron chi connectivity index (χ4n) is 2.73. The van der Waals surface area contributed by atoms with E-state index in [1.807, 2.05) is 0 Å². The molecule has 0 bridgehead atoms. The van der Waals surface area contributed by atoms with Gasteiger partial charge in [-0.25, -0.2) is 0 Å². The van der Waals surface area contributed by atoms with Crippen molar-refractivity contribution in [1.82, 2.24) is 5.32 Å². The maximum absolute atomic E-state index is 12.5. The van der Waals surface area contributed by atoms with E-state index in [1.54, 1.807) is 55.6 Å². The molecule has 1 aliphatic rings. The molecule has 1 fully saturated rings. The van der Waals surface area contributed by atoms with Crippen LogP contribution in [-0.4, -0.2) is 38.7 Å². The highest BCUT2D eigenvalue weighted by molar-refractivity contribution is 6.09. The fraction of sp³-hybridized carbons (Fsp3) is 0.364. The molecular formula is C22H26N2O4. The van der Waals surface area contributed by atoms with Crippen LogP contribution in [0.1, 0.15) is 40.0 Å². The summed E-state index contributed by atoms with van der Waals surface area (Å²) in [6, 6.07) is 13.8. The lowest BCUT2D eigenvalue weighted by Gasteiger charge is -2.12. The number of amides is 2. The van der Waals surface area contributed by atoms with Gasteiger partial charge in [-0.1, -0.05) is 12.1 Å². The van der Waals surface area contributed by atoms with Crippen LogP contribution in [0.4, 0.5) is 5.69 Å². The van der Waals surface area contributed by atoms with Gasteiger partial charge in [0.2, 0.25) is 0 Å². The molecule has 0 aliphatic heterocycles. The Kier molecular flexibility index (Phi) is 7.03. The molecule has 0 atom stereocenters. The molecule has 28 heavy (non-hydrogen) atoms. The summed E-state index contributed by atoms with van der Waals surface area (Å²) in [5.74, 6) is 0.928. The quantitative estimate of drug-likeness (QED) is 0.617. The smallest absolute Gasteiger partial charge is 0.255 e. The van der Waals surface area contributed by atoms with Crippen molar-refractivity contribution in [2.24, 2.45) is 5.92 Å². The number of methoxy groups -OCH3 is 1. The van der Waals surface area contributed by atoms with Gasteiger partial charge in [0.05, 0.1) is 18.4 Å². The van der Waals surface area contributed by atoms with E-state index in [-0.39, 0.29) is 11.8 Å². The summed E-state index contributed by atoms with van der Waals surface area (Å²) in [7, 11) is 1.57. The molecule has 1 saturated carbocycles. The zero-order valence-electron chi connectivity index (χ0n) is 16.1. The van der Waals surface area contributed by atoms with Gasteiger partial charge < -0.3 is 20.1 Å². The lowest BCUT2D eigenvalue weighted by Crippen LogP contribution is -2.27. The van der Waals surface area contributed by atoms with Crippen molar-refractivity contribution in [3.05, 3.63) is 59.7 Å². The average Bonchev–Trinajstić information content (AvgIpc) is 3.55. The largest absolute Gasteiger partial charge is 0.497 e. The van der Waals surface area contributed by atoms with E-state index in [0.29, 0.717) is 35.7 Å². The van der Waals surface area contributed by atoms with Crippen molar-refractivity contribution in [2.75, 3.05) is 32.2 Å². The molecule has 0 heterocycles. The minimum atomic E-state index is -0.281. The normalized spacial score (nSPS) is 13.0. The summed E-state index contributed by atoms with van der Waals surface area (Å²) in [4.78, 5) is 25.0. The summed E-state index contributed by atoms with van der Waals surface area (Å²) < 4.78 is 10.7. The number of hydrogen-bond donors (Lipinski definition) is 2. The van der Waals surface area contributed by atoms with E-state index in [1.165, 1.54) is 12.8 Å². The second-order valence-corrected chi connectivity index (χ2v) is 6.86. The third kappa shape index (κ3) is 5.82. The number of nitrogens with one attached hydrogen (secondary N) is 2. The van der Waals surface area contributed by atoms with Crippen LogP contribution in [-0.2, 0) is 4.74 Å². The van der Waals surface area contributed by atoms with Crippen LogP contribution in [0, 0.1) is 5.92 Å².